The molecule has 1 aliphatic carbocycles. The summed E-state index contributed by atoms with van der Waals surface area (Å²) in [7, 11) is 0. The molecule has 1 saturated carbocycles. The Kier molecular flexibility index (Phi) is 4.96. The summed E-state index contributed by atoms with van der Waals surface area (Å²) in [5.74, 6) is 0.929. The second-order valence-corrected chi connectivity index (χ2v) is 6.02. The van der Waals surface area contributed by atoms with Gasteiger partial charge in [-0.05, 0) is 46.0 Å². The summed E-state index contributed by atoms with van der Waals surface area (Å²) in [6.07, 6.45) is 8.65. The highest BCUT2D eigenvalue weighted by atomic mass is 16.3. The molecule has 1 unspecified atom stereocenters. The summed E-state index contributed by atoms with van der Waals surface area (Å²) in [6.45, 7) is 7.78. The van der Waals surface area contributed by atoms with Crippen molar-refractivity contribution in [2.75, 3.05) is 0 Å². The minimum Gasteiger partial charge on any atom is -0.392 e. The fourth-order valence-corrected chi connectivity index (χ4v) is 2.44. The minimum atomic E-state index is -0.767. The molecule has 0 aliphatic heterocycles. The van der Waals surface area contributed by atoms with Gasteiger partial charge in [-0.1, -0.05) is 30.7 Å². The van der Waals surface area contributed by atoms with Gasteiger partial charge in [0.15, 0.2) is 0 Å². The standard InChI is InChI=1S/C15H26O2/c1-11-7-8-13(14(16)10-11)12(2)6-5-9-15(3,4)17/h5-6,9,11,13-14,16-17H,7-8,10H2,1-4H3/b9-5+,12-6+/t11-,13?,14-/m1/s1. The van der Waals surface area contributed by atoms with Gasteiger partial charge in [-0.15, -0.1) is 0 Å². The summed E-state index contributed by atoms with van der Waals surface area (Å²) in [5, 5.41) is 19.6. The normalized spacial score (nSPS) is 32.1. The molecule has 17 heavy (non-hydrogen) atoms. The number of hydrogen-bond donors (Lipinski definition) is 2. The number of aliphatic hydroxyl groups excluding tert-OH is 1. The van der Waals surface area contributed by atoms with E-state index in [0.717, 1.165) is 12.8 Å². The van der Waals surface area contributed by atoms with Crippen LogP contribution in [0.5, 0.6) is 0 Å². The second-order valence-electron chi connectivity index (χ2n) is 6.02. The Morgan fingerprint density at radius 2 is 1.94 bits per heavy atom. The molecule has 1 rings (SSSR count). The highest BCUT2D eigenvalue weighted by Crippen LogP contribution is 2.33. The Morgan fingerprint density at radius 1 is 1.29 bits per heavy atom. The first-order chi connectivity index (χ1) is 7.79. The van der Waals surface area contributed by atoms with E-state index in [1.807, 2.05) is 12.2 Å². The van der Waals surface area contributed by atoms with E-state index >= 15 is 0 Å². The molecule has 2 N–H and O–H groups in total. The van der Waals surface area contributed by atoms with Crippen LogP contribution in [-0.2, 0) is 0 Å². The van der Waals surface area contributed by atoms with Gasteiger partial charge >= 0.3 is 0 Å². The lowest BCUT2D eigenvalue weighted by Crippen LogP contribution is -2.29. The maximum absolute atomic E-state index is 10.1. The van der Waals surface area contributed by atoms with Gasteiger partial charge in [0.25, 0.3) is 0 Å². The molecule has 0 heterocycles. The average molecular weight is 238 g/mol. The van der Waals surface area contributed by atoms with Crippen LogP contribution in [-0.4, -0.2) is 21.9 Å². The summed E-state index contributed by atoms with van der Waals surface area (Å²) >= 11 is 0. The maximum Gasteiger partial charge on any atom is 0.0774 e. The highest BCUT2D eigenvalue weighted by molar-refractivity contribution is 5.17. The minimum absolute atomic E-state index is 0.203. The van der Waals surface area contributed by atoms with Crippen LogP contribution >= 0.6 is 0 Å². The van der Waals surface area contributed by atoms with E-state index in [2.05, 4.69) is 13.8 Å². The van der Waals surface area contributed by atoms with Crippen molar-refractivity contribution in [1.82, 2.24) is 0 Å². The third-order valence-electron chi connectivity index (χ3n) is 3.53. The fourth-order valence-electron chi connectivity index (χ4n) is 2.44. The molecule has 0 aromatic carbocycles. The van der Waals surface area contributed by atoms with E-state index in [9.17, 15) is 10.2 Å². The lowest BCUT2D eigenvalue weighted by molar-refractivity contribution is 0.0654. The molecule has 2 heteroatoms. The van der Waals surface area contributed by atoms with Gasteiger partial charge in [-0.25, -0.2) is 0 Å². The van der Waals surface area contributed by atoms with E-state index in [4.69, 9.17) is 0 Å². The SMILES string of the molecule is C/C(=C\C=C\C(C)(C)O)C1CC[C@@H](C)C[C@H]1O. The summed E-state index contributed by atoms with van der Waals surface area (Å²) < 4.78 is 0. The molecule has 98 valence electrons. The van der Waals surface area contributed by atoms with Crippen molar-refractivity contribution in [2.24, 2.45) is 11.8 Å². The van der Waals surface area contributed by atoms with Crippen molar-refractivity contribution in [3.05, 3.63) is 23.8 Å². The number of aliphatic hydroxyl groups is 2. The third-order valence-corrected chi connectivity index (χ3v) is 3.53. The maximum atomic E-state index is 10.1. The first-order valence-corrected chi connectivity index (χ1v) is 6.56. The van der Waals surface area contributed by atoms with Gasteiger partial charge in [0.1, 0.15) is 0 Å². The number of rotatable bonds is 3. The molecule has 0 radical (unpaired) electrons. The van der Waals surface area contributed by atoms with Crippen molar-refractivity contribution in [2.45, 2.75) is 58.7 Å². The quantitative estimate of drug-likeness (QED) is 0.742. The van der Waals surface area contributed by atoms with Crippen molar-refractivity contribution in [3.8, 4) is 0 Å². The van der Waals surface area contributed by atoms with Gasteiger partial charge in [0.2, 0.25) is 0 Å². The van der Waals surface area contributed by atoms with Crippen LogP contribution in [0, 0.1) is 11.8 Å². The highest BCUT2D eigenvalue weighted by Gasteiger charge is 2.27. The summed E-state index contributed by atoms with van der Waals surface area (Å²) in [4.78, 5) is 0. The first-order valence-electron chi connectivity index (χ1n) is 6.56. The Hall–Kier alpha value is -0.600. The smallest absolute Gasteiger partial charge is 0.0774 e. The van der Waals surface area contributed by atoms with Crippen LogP contribution in [0.1, 0.15) is 47.0 Å². The first kappa shape index (κ1) is 14.5. The third kappa shape index (κ3) is 5.05. The second kappa shape index (κ2) is 5.83. The van der Waals surface area contributed by atoms with Crippen LogP contribution in [0.4, 0.5) is 0 Å². The predicted molar refractivity (Wildman–Crippen MR) is 71.7 cm³/mol. The average Bonchev–Trinajstić information content (AvgIpc) is 2.15. The zero-order valence-corrected chi connectivity index (χ0v) is 11.5. The largest absolute Gasteiger partial charge is 0.392 e. The molecule has 1 aliphatic rings. The topological polar surface area (TPSA) is 40.5 Å². The predicted octanol–water partition coefficient (Wildman–Crippen LogP) is 3.06. The van der Waals surface area contributed by atoms with Gasteiger partial charge in [-0.2, -0.15) is 0 Å². The van der Waals surface area contributed by atoms with Crippen molar-refractivity contribution < 1.29 is 10.2 Å². The monoisotopic (exact) mass is 238 g/mol. The molecule has 0 saturated heterocycles. The lowest BCUT2D eigenvalue weighted by atomic mass is 9.77. The molecule has 0 aromatic rings. The van der Waals surface area contributed by atoms with Crippen molar-refractivity contribution in [1.29, 1.82) is 0 Å². The molecule has 3 atom stereocenters. The van der Waals surface area contributed by atoms with Crippen molar-refractivity contribution >= 4 is 0 Å². The van der Waals surface area contributed by atoms with Crippen LogP contribution < -0.4 is 0 Å². The van der Waals surface area contributed by atoms with E-state index in [-0.39, 0.29) is 12.0 Å². The Bertz CT molecular complexity index is 297. The Labute approximate surface area is 105 Å². The zero-order valence-electron chi connectivity index (χ0n) is 11.5. The summed E-state index contributed by atoms with van der Waals surface area (Å²) in [6, 6.07) is 0. The molecular formula is C15H26O2. The molecule has 1 fully saturated rings. The molecule has 0 bridgehead atoms. The van der Waals surface area contributed by atoms with Gasteiger partial charge in [0.05, 0.1) is 11.7 Å². The molecule has 2 nitrogen and oxygen atoms in total. The van der Waals surface area contributed by atoms with Crippen molar-refractivity contribution in [3.63, 3.8) is 0 Å². The van der Waals surface area contributed by atoms with Crippen LogP contribution in [0.15, 0.2) is 23.8 Å². The number of hydrogen-bond acceptors (Lipinski definition) is 2. The lowest BCUT2D eigenvalue weighted by Gasteiger charge is -2.32. The van der Waals surface area contributed by atoms with Gasteiger partial charge in [0, 0.05) is 5.92 Å². The summed E-state index contributed by atoms with van der Waals surface area (Å²) in [5.41, 5.74) is 0.445. The molecule has 0 aromatic heterocycles. The number of allylic oxidation sites excluding steroid dienone is 2. The Morgan fingerprint density at radius 3 is 2.47 bits per heavy atom. The fraction of sp³-hybridized carbons (Fsp3) is 0.733. The molecule has 0 amide bonds. The van der Waals surface area contributed by atoms with Crippen LogP contribution in [0.2, 0.25) is 0 Å². The van der Waals surface area contributed by atoms with E-state index in [1.54, 1.807) is 19.9 Å². The van der Waals surface area contributed by atoms with E-state index < -0.39 is 5.60 Å². The Balaban J connectivity index is 2.60. The molecular weight excluding hydrogens is 212 g/mol. The van der Waals surface area contributed by atoms with Gasteiger partial charge < -0.3 is 10.2 Å². The zero-order chi connectivity index (χ0) is 13.1. The van der Waals surface area contributed by atoms with E-state index in [0.29, 0.717) is 5.92 Å². The van der Waals surface area contributed by atoms with Crippen LogP contribution in [0.25, 0.3) is 0 Å². The molecule has 0 spiro atoms. The van der Waals surface area contributed by atoms with E-state index in [1.165, 1.54) is 12.0 Å². The van der Waals surface area contributed by atoms with Gasteiger partial charge in [-0.3, -0.25) is 0 Å². The van der Waals surface area contributed by atoms with Crippen LogP contribution in [0.3, 0.4) is 0 Å².